The molecule has 1 N–H and O–H groups in total. The molecule has 1 unspecified atom stereocenters. The summed E-state index contributed by atoms with van der Waals surface area (Å²) in [7, 11) is 0. The number of rotatable bonds is 5. The van der Waals surface area contributed by atoms with Crippen LogP contribution in [-0.2, 0) is 0 Å². The minimum absolute atomic E-state index is 0.0504. The summed E-state index contributed by atoms with van der Waals surface area (Å²) in [6, 6.07) is 6.25. The molecule has 0 saturated carbocycles. The Balaban J connectivity index is 2.14. The summed E-state index contributed by atoms with van der Waals surface area (Å²) in [5, 5.41) is 3.13. The fraction of sp³-hybridized carbons (Fsp3) is 0.357. The molecule has 0 radical (unpaired) electrons. The van der Waals surface area contributed by atoms with E-state index in [4.69, 9.17) is 16.3 Å². The van der Waals surface area contributed by atoms with Crippen molar-refractivity contribution in [1.82, 2.24) is 15.0 Å². The van der Waals surface area contributed by atoms with Crippen LogP contribution in [0, 0.1) is 5.82 Å². The summed E-state index contributed by atoms with van der Waals surface area (Å²) in [6.07, 6.45) is -0.0640. The van der Waals surface area contributed by atoms with Crippen molar-refractivity contribution in [1.29, 1.82) is 0 Å². The van der Waals surface area contributed by atoms with E-state index in [9.17, 15) is 4.39 Å². The first kappa shape index (κ1) is 15.4. The summed E-state index contributed by atoms with van der Waals surface area (Å²) < 4.78 is 18.3. The fourth-order valence-electron chi connectivity index (χ4n) is 1.69. The maximum Gasteiger partial charge on any atom is 0.322 e. The molecule has 0 saturated heterocycles. The van der Waals surface area contributed by atoms with E-state index in [1.54, 1.807) is 12.1 Å². The van der Waals surface area contributed by atoms with Gasteiger partial charge in [0.1, 0.15) is 5.82 Å². The minimum Gasteiger partial charge on any atom is -0.461 e. The number of hydrogen-bond donors (Lipinski definition) is 1. The Kier molecular flexibility index (Phi) is 4.90. The van der Waals surface area contributed by atoms with E-state index < -0.39 is 0 Å². The van der Waals surface area contributed by atoms with Gasteiger partial charge in [-0.15, -0.1) is 0 Å². The topological polar surface area (TPSA) is 59.9 Å². The maximum atomic E-state index is 12.9. The number of ether oxygens (including phenoxy) is 1. The van der Waals surface area contributed by atoms with Gasteiger partial charge in [0.15, 0.2) is 0 Å². The van der Waals surface area contributed by atoms with Crippen LogP contribution in [0.4, 0.5) is 10.3 Å². The second kappa shape index (κ2) is 6.67. The van der Waals surface area contributed by atoms with E-state index in [0.717, 1.165) is 5.56 Å². The quantitative estimate of drug-likeness (QED) is 0.914. The van der Waals surface area contributed by atoms with Gasteiger partial charge >= 0.3 is 6.01 Å². The number of aromatic nitrogens is 3. The molecule has 0 fully saturated rings. The van der Waals surface area contributed by atoms with Crippen molar-refractivity contribution in [2.75, 3.05) is 5.32 Å². The molecular formula is C14H16ClFN4O. The van der Waals surface area contributed by atoms with E-state index >= 15 is 0 Å². The van der Waals surface area contributed by atoms with Crippen LogP contribution < -0.4 is 10.1 Å². The van der Waals surface area contributed by atoms with Gasteiger partial charge in [-0.3, -0.25) is 0 Å². The lowest BCUT2D eigenvalue weighted by Crippen LogP contribution is -2.13. The third-order valence-corrected chi connectivity index (χ3v) is 2.81. The molecule has 5 nitrogen and oxygen atoms in total. The molecule has 7 heteroatoms. The molecular weight excluding hydrogens is 295 g/mol. The molecule has 0 amide bonds. The van der Waals surface area contributed by atoms with Gasteiger partial charge in [-0.25, -0.2) is 4.39 Å². The third kappa shape index (κ3) is 4.53. The largest absolute Gasteiger partial charge is 0.461 e. The van der Waals surface area contributed by atoms with Crippen LogP contribution in [0.5, 0.6) is 6.01 Å². The molecule has 1 heterocycles. The molecule has 2 rings (SSSR count). The van der Waals surface area contributed by atoms with Crippen LogP contribution in [0.25, 0.3) is 0 Å². The maximum absolute atomic E-state index is 12.9. The molecule has 21 heavy (non-hydrogen) atoms. The first-order valence-corrected chi connectivity index (χ1v) is 6.92. The number of anilines is 1. The molecule has 1 atom stereocenters. The number of nitrogens with zero attached hydrogens (tertiary/aromatic N) is 3. The summed E-state index contributed by atoms with van der Waals surface area (Å²) >= 11 is 5.85. The summed E-state index contributed by atoms with van der Waals surface area (Å²) in [5.74, 6) is 0.0317. The van der Waals surface area contributed by atoms with Crippen molar-refractivity contribution in [3.8, 4) is 6.01 Å². The van der Waals surface area contributed by atoms with Crippen molar-refractivity contribution in [2.24, 2.45) is 0 Å². The average Bonchev–Trinajstić information content (AvgIpc) is 2.37. The van der Waals surface area contributed by atoms with Gasteiger partial charge in [-0.2, -0.15) is 15.0 Å². The lowest BCUT2D eigenvalue weighted by Gasteiger charge is -2.15. The number of benzene rings is 1. The Bertz CT molecular complexity index is 606. The summed E-state index contributed by atoms with van der Waals surface area (Å²) in [6.45, 7) is 5.64. The Hall–Kier alpha value is -1.95. The standard InChI is InChI=1S/C14H16ClFN4O/c1-8(2)21-14-19-12(15)18-13(20-14)17-9(3)10-4-6-11(16)7-5-10/h4-9H,1-3H3,(H,17,18,19,20). The predicted octanol–water partition coefficient (Wildman–Crippen LogP) is 3.62. The SMILES string of the molecule is CC(C)Oc1nc(Cl)nc(NC(C)c2ccc(F)cc2)n1. The van der Waals surface area contributed by atoms with Crippen LogP contribution in [0.1, 0.15) is 32.4 Å². The van der Waals surface area contributed by atoms with Crippen LogP contribution in [0.15, 0.2) is 24.3 Å². The molecule has 0 aliphatic carbocycles. The molecule has 0 bridgehead atoms. The zero-order valence-corrected chi connectivity index (χ0v) is 12.7. The van der Waals surface area contributed by atoms with Gasteiger partial charge < -0.3 is 10.1 Å². The molecule has 0 spiro atoms. The summed E-state index contributed by atoms with van der Waals surface area (Å²) in [5.41, 5.74) is 0.902. The van der Waals surface area contributed by atoms with Gasteiger partial charge in [-0.05, 0) is 50.1 Å². The molecule has 112 valence electrons. The number of halogens is 2. The second-order valence-electron chi connectivity index (χ2n) is 4.79. The predicted molar refractivity (Wildman–Crippen MR) is 79.0 cm³/mol. The highest BCUT2D eigenvalue weighted by atomic mass is 35.5. The van der Waals surface area contributed by atoms with Crippen molar-refractivity contribution in [2.45, 2.75) is 32.9 Å². The first-order valence-electron chi connectivity index (χ1n) is 6.54. The normalized spacial score (nSPS) is 12.3. The van der Waals surface area contributed by atoms with Gasteiger partial charge in [0.05, 0.1) is 12.1 Å². The Morgan fingerprint density at radius 1 is 1.10 bits per heavy atom. The van der Waals surface area contributed by atoms with Gasteiger partial charge in [0, 0.05) is 0 Å². The van der Waals surface area contributed by atoms with E-state index in [0.29, 0.717) is 5.95 Å². The zero-order chi connectivity index (χ0) is 15.4. The minimum atomic E-state index is -0.276. The number of hydrogen-bond acceptors (Lipinski definition) is 5. The molecule has 0 aliphatic heterocycles. The third-order valence-electron chi connectivity index (χ3n) is 2.64. The first-order chi connectivity index (χ1) is 9.94. The fourth-order valence-corrected chi connectivity index (χ4v) is 1.84. The second-order valence-corrected chi connectivity index (χ2v) is 5.13. The molecule has 0 aliphatic rings. The van der Waals surface area contributed by atoms with E-state index in [-0.39, 0.29) is 29.3 Å². The van der Waals surface area contributed by atoms with Crippen LogP contribution in [0.2, 0.25) is 5.28 Å². The van der Waals surface area contributed by atoms with Crippen molar-refractivity contribution in [3.05, 3.63) is 40.9 Å². The van der Waals surface area contributed by atoms with Gasteiger partial charge in [0.25, 0.3) is 0 Å². The van der Waals surface area contributed by atoms with Crippen molar-refractivity contribution < 1.29 is 9.13 Å². The van der Waals surface area contributed by atoms with E-state index in [2.05, 4.69) is 20.3 Å². The zero-order valence-electron chi connectivity index (χ0n) is 12.0. The Morgan fingerprint density at radius 2 is 1.76 bits per heavy atom. The number of nitrogens with one attached hydrogen (secondary N) is 1. The average molecular weight is 311 g/mol. The Morgan fingerprint density at radius 3 is 2.38 bits per heavy atom. The highest BCUT2D eigenvalue weighted by Crippen LogP contribution is 2.19. The van der Waals surface area contributed by atoms with Crippen molar-refractivity contribution >= 4 is 17.5 Å². The highest BCUT2D eigenvalue weighted by Gasteiger charge is 2.11. The van der Waals surface area contributed by atoms with E-state index in [1.165, 1.54) is 12.1 Å². The summed E-state index contributed by atoms with van der Waals surface area (Å²) in [4.78, 5) is 12.0. The lowest BCUT2D eigenvalue weighted by atomic mass is 10.1. The van der Waals surface area contributed by atoms with Gasteiger partial charge in [0.2, 0.25) is 11.2 Å². The van der Waals surface area contributed by atoms with Gasteiger partial charge in [-0.1, -0.05) is 12.1 Å². The van der Waals surface area contributed by atoms with E-state index in [1.807, 2.05) is 20.8 Å². The van der Waals surface area contributed by atoms with Crippen LogP contribution in [-0.4, -0.2) is 21.1 Å². The van der Waals surface area contributed by atoms with Crippen LogP contribution >= 0.6 is 11.6 Å². The lowest BCUT2D eigenvalue weighted by molar-refractivity contribution is 0.222. The Labute approximate surface area is 127 Å². The van der Waals surface area contributed by atoms with Crippen molar-refractivity contribution in [3.63, 3.8) is 0 Å². The highest BCUT2D eigenvalue weighted by molar-refractivity contribution is 6.28. The molecule has 1 aromatic heterocycles. The molecule has 1 aromatic carbocycles. The smallest absolute Gasteiger partial charge is 0.322 e. The monoisotopic (exact) mass is 310 g/mol. The molecule has 2 aromatic rings. The van der Waals surface area contributed by atoms with Crippen LogP contribution in [0.3, 0.4) is 0 Å².